The Morgan fingerprint density at radius 2 is 1.86 bits per heavy atom. The van der Waals surface area contributed by atoms with Crippen molar-refractivity contribution >= 4 is 29.1 Å². The third kappa shape index (κ3) is 6.96. The van der Waals surface area contributed by atoms with Crippen LogP contribution in [0.15, 0.2) is 29.2 Å². The molecule has 1 aromatic carbocycles. The van der Waals surface area contributed by atoms with Crippen molar-refractivity contribution in [2.24, 2.45) is 0 Å². The molecule has 122 valence electrons. The zero-order valence-corrected chi connectivity index (χ0v) is 14.8. The van der Waals surface area contributed by atoms with Crippen molar-refractivity contribution in [2.75, 3.05) is 51.7 Å². The Morgan fingerprint density at radius 1 is 1.18 bits per heavy atom. The van der Waals surface area contributed by atoms with Gasteiger partial charge < -0.3 is 20.3 Å². The molecule has 6 heteroatoms. The van der Waals surface area contributed by atoms with Gasteiger partial charge in [-0.05, 0) is 31.3 Å². The quantitative estimate of drug-likeness (QED) is 0.382. The van der Waals surface area contributed by atoms with E-state index in [1.807, 2.05) is 11.8 Å². The number of aryl methyl sites for hydroxylation is 1. The predicted octanol–water partition coefficient (Wildman–Crippen LogP) is 0.466. The first-order valence-electron chi connectivity index (χ1n) is 7.86. The van der Waals surface area contributed by atoms with E-state index in [1.54, 1.807) is 4.90 Å². The summed E-state index contributed by atoms with van der Waals surface area (Å²) >= 11 is 7.15. The summed E-state index contributed by atoms with van der Waals surface area (Å²) < 4.78 is 5.35. The van der Waals surface area contributed by atoms with Crippen LogP contribution in [-0.2, 0) is 4.74 Å². The van der Waals surface area contributed by atoms with Crippen molar-refractivity contribution in [3.8, 4) is 0 Å². The first-order chi connectivity index (χ1) is 10.7. The maximum Gasteiger partial charge on any atom is 0.166 e. The molecule has 0 radical (unpaired) electrons. The number of ether oxygens (including phenoxy) is 1. The van der Waals surface area contributed by atoms with Gasteiger partial charge in [-0.1, -0.05) is 17.7 Å². The lowest BCUT2D eigenvalue weighted by atomic mass is 10.2. The average molecular weight is 341 g/mol. The van der Waals surface area contributed by atoms with Crippen molar-refractivity contribution in [2.45, 2.75) is 11.8 Å². The number of nitrogens with one attached hydrogen (secondary N) is 3. The topological polar surface area (TPSA) is 37.7 Å². The van der Waals surface area contributed by atoms with E-state index in [2.05, 4.69) is 41.8 Å². The second-order valence-corrected chi connectivity index (χ2v) is 7.03. The van der Waals surface area contributed by atoms with E-state index in [1.165, 1.54) is 10.5 Å². The fourth-order valence-corrected chi connectivity index (χ4v) is 3.27. The maximum atomic E-state index is 5.35. The fraction of sp³-hybridized carbons (Fsp3) is 0.562. The lowest BCUT2D eigenvalue weighted by molar-refractivity contribution is -0.906. The number of hydrogen-bond donors (Lipinski definition) is 3. The number of thioether (sulfide) groups is 1. The molecule has 0 saturated carbocycles. The number of quaternary nitrogens is 1. The highest BCUT2D eigenvalue weighted by molar-refractivity contribution is 7.99. The minimum Gasteiger partial charge on any atom is -0.370 e. The lowest BCUT2D eigenvalue weighted by Crippen LogP contribution is -3.14. The van der Waals surface area contributed by atoms with E-state index in [9.17, 15) is 0 Å². The number of morpholine rings is 1. The summed E-state index contributed by atoms with van der Waals surface area (Å²) in [4.78, 5) is 2.90. The summed E-state index contributed by atoms with van der Waals surface area (Å²) in [6, 6.07) is 8.63. The SMILES string of the molecule is Cc1ccc(SCCNC(=S)NCC[NH+]2CCOCC2)cc1. The van der Waals surface area contributed by atoms with Gasteiger partial charge in [0.25, 0.3) is 0 Å². The van der Waals surface area contributed by atoms with Crippen LogP contribution in [0.3, 0.4) is 0 Å². The monoisotopic (exact) mass is 340 g/mol. The molecule has 22 heavy (non-hydrogen) atoms. The highest BCUT2D eigenvalue weighted by atomic mass is 32.2. The normalized spacial score (nSPS) is 15.5. The van der Waals surface area contributed by atoms with Gasteiger partial charge in [-0.3, -0.25) is 0 Å². The summed E-state index contributed by atoms with van der Waals surface area (Å²) in [5, 5.41) is 7.31. The number of benzene rings is 1. The summed E-state index contributed by atoms with van der Waals surface area (Å²) in [6.07, 6.45) is 0. The Kier molecular flexibility index (Phi) is 8.01. The smallest absolute Gasteiger partial charge is 0.166 e. The minimum absolute atomic E-state index is 0.761. The molecule has 0 aliphatic carbocycles. The van der Waals surface area contributed by atoms with Crippen molar-refractivity contribution < 1.29 is 9.64 Å². The predicted molar refractivity (Wildman–Crippen MR) is 96.9 cm³/mol. The van der Waals surface area contributed by atoms with Gasteiger partial charge in [0.2, 0.25) is 0 Å². The van der Waals surface area contributed by atoms with E-state index in [4.69, 9.17) is 17.0 Å². The zero-order valence-electron chi connectivity index (χ0n) is 13.2. The molecular formula is C16H26N3OS2+. The van der Waals surface area contributed by atoms with Crippen LogP contribution < -0.4 is 15.5 Å². The van der Waals surface area contributed by atoms with E-state index in [0.717, 1.165) is 56.8 Å². The van der Waals surface area contributed by atoms with Crippen molar-refractivity contribution in [3.05, 3.63) is 29.8 Å². The summed E-state index contributed by atoms with van der Waals surface area (Å²) in [5.74, 6) is 1.01. The molecule has 4 nitrogen and oxygen atoms in total. The molecule has 0 atom stereocenters. The third-order valence-corrected chi connectivity index (χ3v) is 4.94. The summed E-state index contributed by atoms with van der Waals surface area (Å²) in [7, 11) is 0. The average Bonchev–Trinajstić information content (AvgIpc) is 2.54. The van der Waals surface area contributed by atoms with Gasteiger partial charge in [0.05, 0.1) is 26.3 Å². The Balaban J connectivity index is 1.49. The molecule has 1 aliphatic rings. The van der Waals surface area contributed by atoms with Gasteiger partial charge in [-0.2, -0.15) is 0 Å². The number of rotatable bonds is 7. The number of hydrogen-bond acceptors (Lipinski definition) is 3. The van der Waals surface area contributed by atoms with Crippen LogP contribution in [0.4, 0.5) is 0 Å². The Morgan fingerprint density at radius 3 is 2.59 bits per heavy atom. The van der Waals surface area contributed by atoms with E-state index < -0.39 is 0 Å². The highest BCUT2D eigenvalue weighted by Gasteiger charge is 2.12. The first kappa shape index (κ1) is 17.5. The van der Waals surface area contributed by atoms with Crippen LogP contribution in [0.25, 0.3) is 0 Å². The Hall–Kier alpha value is -0.820. The highest BCUT2D eigenvalue weighted by Crippen LogP contribution is 2.17. The molecule has 1 saturated heterocycles. The van der Waals surface area contributed by atoms with Gasteiger partial charge in [0.15, 0.2) is 5.11 Å². The molecule has 0 spiro atoms. The van der Waals surface area contributed by atoms with Crippen LogP contribution in [0.5, 0.6) is 0 Å². The maximum absolute atomic E-state index is 5.35. The molecule has 3 N–H and O–H groups in total. The van der Waals surface area contributed by atoms with Gasteiger partial charge in [0.1, 0.15) is 13.1 Å². The molecule has 0 aromatic heterocycles. The second kappa shape index (κ2) is 10.0. The molecule has 0 amide bonds. The first-order valence-corrected chi connectivity index (χ1v) is 9.26. The van der Waals surface area contributed by atoms with Gasteiger partial charge >= 0.3 is 0 Å². The van der Waals surface area contributed by atoms with Crippen LogP contribution in [0, 0.1) is 6.92 Å². The van der Waals surface area contributed by atoms with Crippen LogP contribution in [0.1, 0.15) is 5.56 Å². The zero-order chi connectivity index (χ0) is 15.6. The molecular weight excluding hydrogens is 314 g/mol. The van der Waals surface area contributed by atoms with Crippen LogP contribution >= 0.6 is 24.0 Å². The van der Waals surface area contributed by atoms with Gasteiger partial charge in [-0.15, -0.1) is 11.8 Å². The lowest BCUT2D eigenvalue weighted by Gasteiger charge is -2.24. The second-order valence-electron chi connectivity index (χ2n) is 5.46. The van der Waals surface area contributed by atoms with Gasteiger partial charge in [-0.25, -0.2) is 0 Å². The molecule has 2 rings (SSSR count). The third-order valence-electron chi connectivity index (χ3n) is 3.64. The largest absolute Gasteiger partial charge is 0.370 e. The standard InChI is InChI=1S/C16H25N3OS2/c1-14-2-4-15(5-3-14)22-13-7-18-16(21)17-6-8-19-9-11-20-12-10-19/h2-5H,6-13H2,1H3,(H2,17,18,21)/p+1. The minimum atomic E-state index is 0.761. The molecule has 0 unspecified atom stereocenters. The van der Waals surface area contributed by atoms with Crippen LogP contribution in [0.2, 0.25) is 0 Å². The van der Waals surface area contributed by atoms with E-state index in [-0.39, 0.29) is 0 Å². The molecule has 1 aliphatic heterocycles. The van der Waals surface area contributed by atoms with Crippen LogP contribution in [-0.4, -0.2) is 56.8 Å². The van der Waals surface area contributed by atoms with Crippen molar-refractivity contribution in [3.63, 3.8) is 0 Å². The van der Waals surface area contributed by atoms with Crippen molar-refractivity contribution in [1.82, 2.24) is 10.6 Å². The molecule has 0 bridgehead atoms. The Bertz CT molecular complexity index is 447. The summed E-state index contributed by atoms with van der Waals surface area (Å²) in [6.45, 7) is 9.00. The summed E-state index contributed by atoms with van der Waals surface area (Å²) in [5.41, 5.74) is 1.30. The fourth-order valence-electron chi connectivity index (χ4n) is 2.29. The Labute approximate surface area is 143 Å². The molecule has 1 fully saturated rings. The number of thiocarbonyl (C=S) groups is 1. The molecule has 1 aromatic rings. The van der Waals surface area contributed by atoms with Crippen molar-refractivity contribution in [1.29, 1.82) is 0 Å². The van der Waals surface area contributed by atoms with Gasteiger partial charge in [0, 0.05) is 17.2 Å². The molecule has 1 heterocycles. The van der Waals surface area contributed by atoms with E-state index >= 15 is 0 Å². The van der Waals surface area contributed by atoms with E-state index in [0.29, 0.717) is 0 Å².